The summed E-state index contributed by atoms with van der Waals surface area (Å²) in [7, 11) is 3.41. The van der Waals surface area contributed by atoms with E-state index in [2.05, 4.69) is 66.7 Å². The molecular formula is C35H33O3+. The molecule has 0 unspecified atom stereocenters. The fraction of sp³-hybridized carbons (Fsp3) is 0.229. The molecule has 0 N–H and O–H groups in total. The number of fused-ring (bicyclic) bond motifs is 2. The molecule has 4 aromatic rings. The maximum Gasteiger partial charge on any atom is 0.360 e. The van der Waals surface area contributed by atoms with Gasteiger partial charge in [0.1, 0.15) is 11.5 Å². The zero-order valence-electron chi connectivity index (χ0n) is 22.1. The van der Waals surface area contributed by atoms with Crippen molar-refractivity contribution in [1.82, 2.24) is 0 Å². The van der Waals surface area contributed by atoms with Gasteiger partial charge < -0.3 is 9.47 Å². The number of ether oxygens (including phenoxy) is 2. The number of rotatable bonds is 5. The van der Waals surface area contributed by atoms with Gasteiger partial charge in [0.25, 0.3) is 0 Å². The standard InChI is InChI=1S/C35H33O3/c1-36-29-18-14-24(15-19-29)22-27-10-6-12-31-33(26-8-4-3-5-9-26)32-13-7-11-28(35(32)38-34(27)31)23-25-16-20-30(37-2)21-17-25/h3-5,8-9,14-23H,6-7,10-13H2,1-2H3/q+1/b27-22+,28-23+. The van der Waals surface area contributed by atoms with Crippen LogP contribution >= 0.6 is 0 Å². The molecule has 0 saturated carbocycles. The Hall–Kier alpha value is -4.11. The maximum atomic E-state index is 6.96. The molecule has 38 heavy (non-hydrogen) atoms. The highest BCUT2D eigenvalue weighted by atomic mass is 16.5. The van der Waals surface area contributed by atoms with E-state index in [4.69, 9.17) is 13.9 Å². The molecule has 0 amide bonds. The van der Waals surface area contributed by atoms with E-state index in [0.717, 1.165) is 72.7 Å². The van der Waals surface area contributed by atoms with E-state index in [0.29, 0.717) is 0 Å². The third-order valence-electron chi connectivity index (χ3n) is 7.66. The minimum atomic E-state index is 0.870. The summed E-state index contributed by atoms with van der Waals surface area (Å²) in [5.41, 5.74) is 10.2. The van der Waals surface area contributed by atoms with Crippen molar-refractivity contribution in [3.63, 3.8) is 0 Å². The average molecular weight is 502 g/mol. The van der Waals surface area contributed by atoms with Crippen molar-refractivity contribution in [2.24, 2.45) is 0 Å². The van der Waals surface area contributed by atoms with E-state index in [1.165, 1.54) is 33.4 Å². The van der Waals surface area contributed by atoms with Crippen molar-refractivity contribution in [3.05, 3.63) is 113 Å². The molecule has 1 heterocycles. The first kappa shape index (κ1) is 24.2. The van der Waals surface area contributed by atoms with Crippen LogP contribution in [0.1, 0.15) is 59.5 Å². The SMILES string of the molecule is COc1ccc(/C=C2\CCCc3c2[o+]c2c(c3-c3ccccc3)CCC/C2=C\c2ccc(OC)cc2)cc1. The van der Waals surface area contributed by atoms with Crippen LogP contribution in [0.15, 0.2) is 83.3 Å². The molecule has 0 aliphatic heterocycles. The van der Waals surface area contributed by atoms with E-state index in [1.54, 1.807) is 14.2 Å². The average Bonchev–Trinajstić information content (AvgIpc) is 2.98. The lowest BCUT2D eigenvalue weighted by molar-refractivity contribution is 0.414. The molecule has 3 aromatic carbocycles. The van der Waals surface area contributed by atoms with E-state index in [-0.39, 0.29) is 0 Å². The summed E-state index contributed by atoms with van der Waals surface area (Å²) in [6, 6.07) is 27.4. The fourth-order valence-electron chi connectivity index (χ4n) is 5.80. The topological polar surface area (TPSA) is 29.8 Å². The molecule has 0 bridgehead atoms. The fourth-order valence-corrected chi connectivity index (χ4v) is 5.80. The van der Waals surface area contributed by atoms with Crippen molar-refractivity contribution in [2.45, 2.75) is 38.5 Å². The lowest BCUT2D eigenvalue weighted by Crippen LogP contribution is -2.12. The smallest absolute Gasteiger partial charge is 0.360 e. The van der Waals surface area contributed by atoms with Crippen molar-refractivity contribution in [3.8, 4) is 22.6 Å². The van der Waals surface area contributed by atoms with Gasteiger partial charge in [-0.15, -0.1) is 0 Å². The molecule has 0 fully saturated rings. The minimum Gasteiger partial charge on any atom is -0.497 e. The van der Waals surface area contributed by atoms with Crippen molar-refractivity contribution < 1.29 is 13.9 Å². The van der Waals surface area contributed by atoms with Gasteiger partial charge in [-0.25, -0.2) is 4.42 Å². The quantitative estimate of drug-likeness (QED) is 0.256. The van der Waals surface area contributed by atoms with Crippen LogP contribution in [0.3, 0.4) is 0 Å². The Labute approximate surface area is 225 Å². The first-order chi connectivity index (χ1) is 18.7. The Morgan fingerprint density at radius 1 is 0.579 bits per heavy atom. The lowest BCUT2D eigenvalue weighted by Gasteiger charge is -2.22. The predicted octanol–water partition coefficient (Wildman–Crippen LogP) is 9.00. The molecule has 0 atom stereocenters. The predicted molar refractivity (Wildman–Crippen MR) is 156 cm³/mol. The van der Waals surface area contributed by atoms with Crippen molar-refractivity contribution >= 4 is 23.3 Å². The summed E-state index contributed by atoms with van der Waals surface area (Å²) in [5.74, 6) is 3.84. The van der Waals surface area contributed by atoms with E-state index >= 15 is 0 Å². The van der Waals surface area contributed by atoms with Crippen LogP contribution in [0.5, 0.6) is 11.5 Å². The monoisotopic (exact) mass is 501 g/mol. The number of benzene rings is 3. The molecule has 6 rings (SSSR count). The van der Waals surface area contributed by atoms with Crippen LogP contribution < -0.4 is 9.47 Å². The highest BCUT2D eigenvalue weighted by molar-refractivity contribution is 5.90. The molecule has 0 spiro atoms. The number of allylic oxidation sites excluding steroid dienone is 2. The second kappa shape index (κ2) is 10.7. The minimum absolute atomic E-state index is 0.870. The van der Waals surface area contributed by atoms with Crippen LogP contribution in [-0.2, 0) is 12.8 Å². The second-order valence-corrected chi connectivity index (χ2v) is 10.1. The molecule has 0 radical (unpaired) electrons. The largest absolute Gasteiger partial charge is 0.497 e. The Kier molecular flexibility index (Phi) is 6.83. The first-order valence-electron chi connectivity index (χ1n) is 13.5. The van der Waals surface area contributed by atoms with Crippen LogP contribution in [0.2, 0.25) is 0 Å². The van der Waals surface area contributed by atoms with Gasteiger partial charge in [-0.2, -0.15) is 0 Å². The molecule has 3 heteroatoms. The van der Waals surface area contributed by atoms with E-state index in [9.17, 15) is 0 Å². The normalized spacial score (nSPS) is 16.7. The zero-order valence-corrected chi connectivity index (χ0v) is 22.1. The summed E-state index contributed by atoms with van der Waals surface area (Å²) in [6.07, 6.45) is 10.9. The van der Waals surface area contributed by atoms with Crippen LogP contribution in [-0.4, -0.2) is 14.2 Å². The van der Waals surface area contributed by atoms with Crippen molar-refractivity contribution in [1.29, 1.82) is 0 Å². The Balaban J connectivity index is 1.53. The molecule has 0 saturated heterocycles. The van der Waals surface area contributed by atoms with Gasteiger partial charge in [0, 0.05) is 5.56 Å². The van der Waals surface area contributed by atoms with E-state index in [1.807, 2.05) is 24.3 Å². The van der Waals surface area contributed by atoms with Gasteiger partial charge in [-0.05, 0) is 91.6 Å². The highest BCUT2D eigenvalue weighted by Gasteiger charge is 2.37. The first-order valence-corrected chi connectivity index (χ1v) is 13.5. The Bertz CT molecular complexity index is 1400. The summed E-state index contributed by atoms with van der Waals surface area (Å²) >= 11 is 0. The molecule has 190 valence electrons. The maximum absolute atomic E-state index is 6.96. The molecule has 1 aromatic heterocycles. The van der Waals surface area contributed by atoms with Crippen LogP contribution in [0.4, 0.5) is 0 Å². The van der Waals surface area contributed by atoms with Gasteiger partial charge in [0.2, 0.25) is 0 Å². The van der Waals surface area contributed by atoms with Crippen LogP contribution in [0.25, 0.3) is 34.4 Å². The third kappa shape index (κ3) is 4.77. The number of methoxy groups -OCH3 is 2. The highest BCUT2D eigenvalue weighted by Crippen LogP contribution is 2.46. The Morgan fingerprint density at radius 3 is 1.50 bits per heavy atom. The second-order valence-electron chi connectivity index (χ2n) is 10.1. The van der Waals surface area contributed by atoms with Crippen molar-refractivity contribution in [2.75, 3.05) is 14.2 Å². The number of hydrogen-bond donors (Lipinski definition) is 0. The lowest BCUT2D eigenvalue weighted by atomic mass is 9.80. The molecule has 2 aliphatic rings. The summed E-state index contributed by atoms with van der Waals surface area (Å²) in [6.45, 7) is 0. The van der Waals surface area contributed by atoms with E-state index < -0.39 is 0 Å². The summed E-state index contributed by atoms with van der Waals surface area (Å²) in [5, 5.41) is 0. The van der Waals surface area contributed by atoms with Gasteiger partial charge in [0.15, 0.2) is 0 Å². The van der Waals surface area contributed by atoms with Gasteiger partial charge in [0.05, 0.1) is 36.5 Å². The molecule has 3 nitrogen and oxygen atoms in total. The zero-order chi connectivity index (χ0) is 25.9. The van der Waals surface area contributed by atoms with Gasteiger partial charge in [-0.1, -0.05) is 54.6 Å². The molecular weight excluding hydrogens is 468 g/mol. The van der Waals surface area contributed by atoms with Gasteiger partial charge >= 0.3 is 11.5 Å². The van der Waals surface area contributed by atoms with Gasteiger partial charge in [-0.3, -0.25) is 0 Å². The summed E-state index contributed by atoms with van der Waals surface area (Å²) < 4.78 is 17.7. The Morgan fingerprint density at radius 2 is 1.05 bits per heavy atom. The van der Waals surface area contributed by atoms with Crippen LogP contribution in [0, 0.1) is 0 Å². The summed E-state index contributed by atoms with van der Waals surface area (Å²) in [4.78, 5) is 0. The third-order valence-corrected chi connectivity index (χ3v) is 7.66. The number of hydrogen-bond acceptors (Lipinski definition) is 2. The molecule has 2 aliphatic carbocycles.